The Morgan fingerprint density at radius 2 is 1.20 bits per heavy atom. The Labute approximate surface area is 192 Å². The molecule has 4 nitrogen and oxygen atoms in total. The number of likely N-dealkylation sites (tertiary alicyclic amines) is 1. The molecule has 1 saturated heterocycles. The molecule has 0 spiro atoms. The van der Waals surface area contributed by atoms with Gasteiger partial charge in [0, 0.05) is 40.0 Å². The summed E-state index contributed by atoms with van der Waals surface area (Å²) in [5, 5.41) is 0. The second-order valence-corrected chi connectivity index (χ2v) is 6.72. The second-order valence-electron chi connectivity index (χ2n) is 6.72. The molecule has 1 heterocycles. The van der Waals surface area contributed by atoms with E-state index in [1.54, 1.807) is 7.11 Å². The van der Waals surface area contributed by atoms with E-state index in [0.29, 0.717) is 12.2 Å². The summed E-state index contributed by atoms with van der Waals surface area (Å²) in [6, 6.07) is 0. The summed E-state index contributed by atoms with van der Waals surface area (Å²) in [5.74, 6) is 0.921. The predicted molar refractivity (Wildman–Crippen MR) is 137 cm³/mol. The van der Waals surface area contributed by atoms with E-state index in [1.807, 2.05) is 55.4 Å². The molecule has 2 aliphatic rings. The smallest absolute Gasteiger partial charge is 0.0624 e. The molecular formula is C26H61NO3. The lowest BCUT2D eigenvalue weighted by molar-refractivity contribution is -0.0895. The highest BCUT2D eigenvalue weighted by atomic mass is 16.5. The van der Waals surface area contributed by atoms with Crippen LogP contribution in [0, 0.1) is 5.92 Å². The van der Waals surface area contributed by atoms with Crippen LogP contribution in [-0.2, 0) is 14.2 Å². The molecular weight excluding hydrogens is 374 g/mol. The Morgan fingerprint density at radius 1 is 0.733 bits per heavy atom. The summed E-state index contributed by atoms with van der Waals surface area (Å²) in [6.45, 7) is 25.4. The first-order valence-corrected chi connectivity index (χ1v) is 13.1. The van der Waals surface area contributed by atoms with Crippen LogP contribution in [0.5, 0.6) is 0 Å². The van der Waals surface area contributed by atoms with Gasteiger partial charge in [0.2, 0.25) is 0 Å². The van der Waals surface area contributed by atoms with E-state index >= 15 is 0 Å². The predicted octanol–water partition coefficient (Wildman–Crippen LogP) is 7.45. The molecule has 0 atom stereocenters. The Balaban J connectivity index is -0.000000265. The normalized spacial score (nSPS) is 19.2. The second kappa shape index (κ2) is 33.5. The number of ether oxygens (including phenoxy) is 3. The van der Waals surface area contributed by atoms with Gasteiger partial charge in [-0.25, -0.2) is 0 Å². The van der Waals surface area contributed by atoms with Crippen molar-refractivity contribution < 1.29 is 14.2 Å². The first-order chi connectivity index (χ1) is 14.7. The third-order valence-electron chi connectivity index (χ3n) is 4.21. The van der Waals surface area contributed by atoms with Gasteiger partial charge < -0.3 is 19.1 Å². The minimum absolute atomic E-state index is 0.431. The standard InChI is InChI=1S/C15H29NO3.C3H8.4C2H6/c1-16-11-13(12-16)5-3-6-18-7-4-8-19-15-9-14(10-15)17-2;1-3-2;4*1-2/h13-15H,3-12H2,1-2H3;3H2,1-2H3;4*1-2H3. The lowest BCUT2D eigenvalue weighted by atomic mass is 9.92. The van der Waals surface area contributed by atoms with Crippen LogP contribution in [-0.4, -0.2) is 64.2 Å². The molecule has 2 rings (SSSR count). The van der Waals surface area contributed by atoms with E-state index < -0.39 is 0 Å². The lowest BCUT2D eigenvalue weighted by Gasteiger charge is -2.36. The number of rotatable bonds is 10. The molecule has 4 heteroatoms. The SMILES string of the molecule is CC.CC.CC.CC.CCC.COC1CC(OCCCOCCCC2CN(C)C2)C1. The van der Waals surface area contributed by atoms with Crippen molar-refractivity contribution in [2.75, 3.05) is 47.1 Å². The summed E-state index contributed by atoms with van der Waals surface area (Å²) < 4.78 is 16.6. The van der Waals surface area contributed by atoms with Crippen LogP contribution in [0.1, 0.15) is 108 Å². The highest BCUT2D eigenvalue weighted by Crippen LogP contribution is 2.25. The van der Waals surface area contributed by atoms with Gasteiger partial charge in [-0.05, 0) is 45.1 Å². The van der Waals surface area contributed by atoms with Gasteiger partial charge >= 0.3 is 0 Å². The minimum atomic E-state index is 0.431. The van der Waals surface area contributed by atoms with Crippen molar-refractivity contribution in [3.8, 4) is 0 Å². The van der Waals surface area contributed by atoms with Gasteiger partial charge in [0.25, 0.3) is 0 Å². The minimum Gasteiger partial charge on any atom is -0.381 e. The topological polar surface area (TPSA) is 30.9 Å². The number of hydrogen-bond acceptors (Lipinski definition) is 4. The molecule has 2 fully saturated rings. The monoisotopic (exact) mass is 435 g/mol. The number of hydrogen-bond donors (Lipinski definition) is 0. The quantitative estimate of drug-likeness (QED) is 0.333. The molecule has 0 radical (unpaired) electrons. The molecule has 0 unspecified atom stereocenters. The molecule has 0 amide bonds. The van der Waals surface area contributed by atoms with Crippen molar-refractivity contribution >= 4 is 0 Å². The van der Waals surface area contributed by atoms with E-state index in [4.69, 9.17) is 14.2 Å². The van der Waals surface area contributed by atoms with Crippen molar-refractivity contribution in [1.29, 1.82) is 0 Å². The highest BCUT2D eigenvalue weighted by Gasteiger charge is 2.29. The fourth-order valence-electron chi connectivity index (χ4n) is 2.84. The van der Waals surface area contributed by atoms with E-state index in [0.717, 1.165) is 45.0 Å². The summed E-state index contributed by atoms with van der Waals surface area (Å²) in [5.41, 5.74) is 0. The van der Waals surface area contributed by atoms with Gasteiger partial charge in [-0.15, -0.1) is 0 Å². The summed E-state index contributed by atoms with van der Waals surface area (Å²) >= 11 is 0. The average Bonchev–Trinajstić information content (AvgIpc) is 2.76. The molecule has 0 bridgehead atoms. The zero-order valence-electron chi connectivity index (χ0n) is 23.2. The van der Waals surface area contributed by atoms with Crippen molar-refractivity contribution in [2.24, 2.45) is 5.92 Å². The van der Waals surface area contributed by atoms with Gasteiger partial charge in [-0.1, -0.05) is 75.7 Å². The number of methoxy groups -OCH3 is 1. The fourth-order valence-corrected chi connectivity index (χ4v) is 2.84. The van der Waals surface area contributed by atoms with E-state index in [1.165, 1.54) is 32.4 Å². The first-order valence-electron chi connectivity index (χ1n) is 13.1. The van der Waals surface area contributed by atoms with Crippen molar-refractivity contribution in [3.63, 3.8) is 0 Å². The molecule has 188 valence electrons. The third-order valence-corrected chi connectivity index (χ3v) is 4.21. The maximum atomic E-state index is 5.73. The van der Waals surface area contributed by atoms with E-state index in [2.05, 4.69) is 25.8 Å². The summed E-state index contributed by atoms with van der Waals surface area (Å²) in [7, 11) is 3.96. The fraction of sp³-hybridized carbons (Fsp3) is 1.00. The summed E-state index contributed by atoms with van der Waals surface area (Å²) in [6.07, 6.45) is 7.78. The van der Waals surface area contributed by atoms with Crippen LogP contribution >= 0.6 is 0 Å². The van der Waals surface area contributed by atoms with E-state index in [9.17, 15) is 0 Å². The molecule has 0 aromatic rings. The Kier molecular flexibility index (Phi) is 41.5. The Bertz CT molecular complexity index is 253. The average molecular weight is 436 g/mol. The van der Waals surface area contributed by atoms with Crippen LogP contribution in [0.3, 0.4) is 0 Å². The zero-order chi connectivity index (χ0) is 24.2. The van der Waals surface area contributed by atoms with Crippen molar-refractivity contribution in [2.45, 2.75) is 120 Å². The molecule has 0 N–H and O–H groups in total. The van der Waals surface area contributed by atoms with E-state index in [-0.39, 0.29) is 0 Å². The molecule has 0 aromatic heterocycles. The van der Waals surface area contributed by atoms with Gasteiger partial charge in [0.15, 0.2) is 0 Å². The van der Waals surface area contributed by atoms with Crippen LogP contribution in [0.4, 0.5) is 0 Å². The maximum absolute atomic E-state index is 5.73. The lowest BCUT2D eigenvalue weighted by Crippen LogP contribution is -2.43. The molecule has 0 aromatic carbocycles. The van der Waals surface area contributed by atoms with Crippen molar-refractivity contribution in [3.05, 3.63) is 0 Å². The van der Waals surface area contributed by atoms with Gasteiger partial charge in [0.1, 0.15) is 0 Å². The Hall–Kier alpha value is -0.160. The van der Waals surface area contributed by atoms with Crippen LogP contribution < -0.4 is 0 Å². The number of nitrogens with zero attached hydrogens (tertiary/aromatic N) is 1. The van der Waals surface area contributed by atoms with Gasteiger partial charge in [0.05, 0.1) is 12.2 Å². The van der Waals surface area contributed by atoms with Crippen LogP contribution in [0.15, 0.2) is 0 Å². The van der Waals surface area contributed by atoms with Crippen molar-refractivity contribution in [1.82, 2.24) is 4.90 Å². The van der Waals surface area contributed by atoms with Crippen LogP contribution in [0.2, 0.25) is 0 Å². The largest absolute Gasteiger partial charge is 0.381 e. The van der Waals surface area contributed by atoms with Gasteiger partial charge in [-0.2, -0.15) is 0 Å². The maximum Gasteiger partial charge on any atom is 0.0624 e. The third kappa shape index (κ3) is 24.1. The first kappa shape index (κ1) is 37.2. The molecule has 1 aliphatic carbocycles. The molecule has 1 aliphatic heterocycles. The zero-order valence-corrected chi connectivity index (χ0v) is 23.2. The highest BCUT2D eigenvalue weighted by molar-refractivity contribution is 4.80. The molecule has 30 heavy (non-hydrogen) atoms. The van der Waals surface area contributed by atoms with Crippen LogP contribution in [0.25, 0.3) is 0 Å². The van der Waals surface area contributed by atoms with Gasteiger partial charge in [-0.3, -0.25) is 0 Å². The Morgan fingerprint density at radius 3 is 1.63 bits per heavy atom. The molecule has 1 saturated carbocycles. The summed E-state index contributed by atoms with van der Waals surface area (Å²) in [4.78, 5) is 2.37.